The first-order chi connectivity index (χ1) is 9.97. The third-order valence-electron chi connectivity index (χ3n) is 3.15. The van der Waals surface area contributed by atoms with Crippen molar-refractivity contribution in [2.75, 3.05) is 5.32 Å². The number of carbonyl (C=O) groups excluding carboxylic acids is 1. The molecule has 0 aliphatic rings. The minimum atomic E-state index is -0.609. The summed E-state index contributed by atoms with van der Waals surface area (Å²) in [4.78, 5) is 12.2. The van der Waals surface area contributed by atoms with E-state index in [0.717, 1.165) is 16.9 Å². The van der Waals surface area contributed by atoms with E-state index in [9.17, 15) is 4.79 Å². The lowest BCUT2D eigenvalue weighted by molar-refractivity contribution is -0.122. The van der Waals surface area contributed by atoms with Gasteiger partial charge in [-0.3, -0.25) is 4.79 Å². The van der Waals surface area contributed by atoms with Crippen LogP contribution in [0.3, 0.4) is 0 Å². The Balaban J connectivity index is 2.06. The largest absolute Gasteiger partial charge is 0.481 e. The molecule has 1 amide bonds. The Morgan fingerprint density at radius 3 is 2.62 bits per heavy atom. The smallest absolute Gasteiger partial charge is 0.265 e. The van der Waals surface area contributed by atoms with Crippen LogP contribution in [0.5, 0.6) is 5.75 Å². The summed E-state index contributed by atoms with van der Waals surface area (Å²) in [5, 5.41) is 3.27. The Hall–Kier alpha value is -2.00. The molecule has 0 aromatic heterocycles. The second kappa shape index (κ2) is 6.64. The molecule has 1 unspecified atom stereocenters. The highest BCUT2D eigenvalue weighted by molar-refractivity contribution is 6.33. The molecule has 0 bridgehead atoms. The van der Waals surface area contributed by atoms with Gasteiger partial charge >= 0.3 is 0 Å². The van der Waals surface area contributed by atoms with Crippen molar-refractivity contribution in [2.24, 2.45) is 0 Å². The van der Waals surface area contributed by atoms with Crippen LogP contribution in [-0.4, -0.2) is 12.0 Å². The summed E-state index contributed by atoms with van der Waals surface area (Å²) in [7, 11) is 0. The van der Waals surface area contributed by atoms with Crippen molar-refractivity contribution in [3.05, 3.63) is 58.6 Å². The van der Waals surface area contributed by atoms with Crippen molar-refractivity contribution in [1.29, 1.82) is 0 Å². The molecule has 0 aliphatic heterocycles. The molecule has 21 heavy (non-hydrogen) atoms. The van der Waals surface area contributed by atoms with Gasteiger partial charge in [-0.15, -0.1) is 0 Å². The second-order valence-corrected chi connectivity index (χ2v) is 5.41. The molecule has 4 heteroatoms. The fraction of sp³-hybridized carbons (Fsp3) is 0.235. The van der Waals surface area contributed by atoms with E-state index >= 15 is 0 Å². The monoisotopic (exact) mass is 303 g/mol. The first-order valence-electron chi connectivity index (χ1n) is 6.76. The lowest BCUT2D eigenvalue weighted by atomic mass is 10.1. The number of para-hydroxylation sites is 1. The summed E-state index contributed by atoms with van der Waals surface area (Å²) in [6.45, 7) is 5.65. The van der Waals surface area contributed by atoms with Crippen LogP contribution in [0.1, 0.15) is 18.1 Å². The van der Waals surface area contributed by atoms with Gasteiger partial charge in [-0.1, -0.05) is 35.9 Å². The summed E-state index contributed by atoms with van der Waals surface area (Å²) < 4.78 is 5.74. The fourth-order valence-corrected chi connectivity index (χ4v) is 2.06. The average molecular weight is 304 g/mol. The Morgan fingerprint density at radius 2 is 1.90 bits per heavy atom. The van der Waals surface area contributed by atoms with Gasteiger partial charge < -0.3 is 10.1 Å². The van der Waals surface area contributed by atoms with E-state index < -0.39 is 6.10 Å². The molecule has 1 N–H and O–H groups in total. The molecule has 0 heterocycles. The predicted molar refractivity (Wildman–Crippen MR) is 86.1 cm³/mol. The minimum Gasteiger partial charge on any atom is -0.481 e. The molecule has 110 valence electrons. The average Bonchev–Trinajstić information content (AvgIpc) is 2.45. The summed E-state index contributed by atoms with van der Waals surface area (Å²) in [6.07, 6.45) is -0.609. The lowest BCUT2D eigenvalue weighted by Gasteiger charge is -2.17. The van der Waals surface area contributed by atoms with Crippen LogP contribution in [0.2, 0.25) is 5.02 Å². The number of hydrogen-bond acceptors (Lipinski definition) is 2. The zero-order valence-corrected chi connectivity index (χ0v) is 13.1. The number of anilines is 1. The first kappa shape index (κ1) is 15.4. The fourth-order valence-electron chi connectivity index (χ4n) is 1.88. The van der Waals surface area contributed by atoms with E-state index in [1.54, 1.807) is 19.1 Å². The van der Waals surface area contributed by atoms with Crippen LogP contribution >= 0.6 is 11.6 Å². The molecule has 2 rings (SSSR count). The number of hydrogen-bond donors (Lipinski definition) is 1. The maximum absolute atomic E-state index is 12.2. The quantitative estimate of drug-likeness (QED) is 0.911. The molecule has 2 aromatic rings. The van der Waals surface area contributed by atoms with Crippen LogP contribution < -0.4 is 10.1 Å². The number of ether oxygens (including phenoxy) is 1. The van der Waals surface area contributed by atoms with Crippen LogP contribution in [0, 0.1) is 13.8 Å². The van der Waals surface area contributed by atoms with Gasteiger partial charge in [-0.2, -0.15) is 0 Å². The number of halogens is 1. The van der Waals surface area contributed by atoms with Gasteiger partial charge in [0.2, 0.25) is 0 Å². The predicted octanol–water partition coefficient (Wildman–Crippen LogP) is 4.36. The van der Waals surface area contributed by atoms with E-state index in [1.807, 2.05) is 44.2 Å². The third kappa shape index (κ3) is 3.99. The lowest BCUT2D eigenvalue weighted by Crippen LogP contribution is -2.30. The van der Waals surface area contributed by atoms with Crippen LogP contribution in [0.4, 0.5) is 5.69 Å². The van der Waals surface area contributed by atoms with E-state index in [0.29, 0.717) is 10.7 Å². The molecule has 0 aliphatic carbocycles. The van der Waals surface area contributed by atoms with E-state index in [2.05, 4.69) is 5.32 Å². The molecule has 1 atom stereocenters. The zero-order chi connectivity index (χ0) is 15.4. The van der Waals surface area contributed by atoms with Gasteiger partial charge in [-0.05, 0) is 50.1 Å². The third-order valence-corrected chi connectivity index (χ3v) is 3.48. The van der Waals surface area contributed by atoms with Crippen molar-refractivity contribution in [2.45, 2.75) is 26.9 Å². The number of nitrogens with one attached hydrogen (secondary N) is 1. The number of carbonyl (C=O) groups is 1. The molecule has 0 saturated heterocycles. The molecule has 0 radical (unpaired) electrons. The van der Waals surface area contributed by atoms with E-state index in [1.165, 1.54) is 0 Å². The normalized spacial score (nSPS) is 11.8. The topological polar surface area (TPSA) is 38.3 Å². The highest BCUT2D eigenvalue weighted by atomic mass is 35.5. The molecular formula is C17H18ClNO2. The van der Waals surface area contributed by atoms with Crippen molar-refractivity contribution in [3.8, 4) is 5.75 Å². The number of amides is 1. The van der Waals surface area contributed by atoms with Crippen LogP contribution in [-0.2, 0) is 4.79 Å². The number of aryl methyl sites for hydroxylation is 2. The number of rotatable bonds is 4. The first-order valence-corrected chi connectivity index (χ1v) is 7.14. The van der Waals surface area contributed by atoms with Crippen LogP contribution in [0.25, 0.3) is 0 Å². The SMILES string of the molecule is Cc1ccc(C)c(OC(C)C(=O)Nc2ccccc2Cl)c1. The summed E-state index contributed by atoms with van der Waals surface area (Å²) in [5.74, 6) is 0.487. The van der Waals surface area contributed by atoms with Gasteiger partial charge in [0.15, 0.2) is 6.10 Å². The molecule has 3 nitrogen and oxygen atoms in total. The molecule has 0 fully saturated rings. The summed E-state index contributed by atoms with van der Waals surface area (Å²) in [5.41, 5.74) is 2.67. The Morgan fingerprint density at radius 1 is 1.19 bits per heavy atom. The Kier molecular flexibility index (Phi) is 4.86. The van der Waals surface area contributed by atoms with E-state index in [-0.39, 0.29) is 5.91 Å². The van der Waals surface area contributed by atoms with Gasteiger partial charge in [0, 0.05) is 0 Å². The zero-order valence-electron chi connectivity index (χ0n) is 12.3. The standard InChI is InChI=1S/C17H18ClNO2/c1-11-8-9-12(2)16(10-11)21-13(3)17(20)19-15-7-5-4-6-14(15)18/h4-10,13H,1-3H3,(H,19,20). The molecule has 0 spiro atoms. The molecule has 2 aromatic carbocycles. The highest BCUT2D eigenvalue weighted by Gasteiger charge is 2.16. The maximum Gasteiger partial charge on any atom is 0.265 e. The Labute approximate surface area is 129 Å². The van der Waals surface area contributed by atoms with Gasteiger partial charge in [0.1, 0.15) is 5.75 Å². The second-order valence-electron chi connectivity index (χ2n) is 5.00. The van der Waals surface area contributed by atoms with Crippen LogP contribution in [0.15, 0.2) is 42.5 Å². The molecule has 0 saturated carbocycles. The molecular weight excluding hydrogens is 286 g/mol. The Bertz CT molecular complexity index is 655. The van der Waals surface area contributed by atoms with Crippen molar-refractivity contribution in [1.82, 2.24) is 0 Å². The van der Waals surface area contributed by atoms with Gasteiger partial charge in [0.25, 0.3) is 5.91 Å². The minimum absolute atomic E-state index is 0.232. The van der Waals surface area contributed by atoms with Gasteiger partial charge in [0.05, 0.1) is 10.7 Å². The van der Waals surface area contributed by atoms with E-state index in [4.69, 9.17) is 16.3 Å². The van der Waals surface area contributed by atoms with Crippen molar-refractivity contribution in [3.63, 3.8) is 0 Å². The van der Waals surface area contributed by atoms with Crippen molar-refractivity contribution >= 4 is 23.2 Å². The summed E-state index contributed by atoms with van der Waals surface area (Å²) >= 11 is 6.02. The van der Waals surface area contributed by atoms with Gasteiger partial charge in [-0.25, -0.2) is 0 Å². The van der Waals surface area contributed by atoms with Crippen molar-refractivity contribution < 1.29 is 9.53 Å². The number of benzene rings is 2. The maximum atomic E-state index is 12.2. The summed E-state index contributed by atoms with van der Waals surface area (Å²) in [6, 6.07) is 13.0. The highest BCUT2D eigenvalue weighted by Crippen LogP contribution is 2.23.